The van der Waals surface area contributed by atoms with Crippen LogP contribution in [0.2, 0.25) is 0 Å². The first-order valence-electron chi connectivity index (χ1n) is 7.89. The van der Waals surface area contributed by atoms with Gasteiger partial charge in [-0.15, -0.1) is 0 Å². The van der Waals surface area contributed by atoms with E-state index in [1.807, 2.05) is 0 Å². The number of nitrogens with zero attached hydrogens (tertiary/aromatic N) is 2. The maximum atomic E-state index is 12.6. The minimum absolute atomic E-state index is 0.0427. The molecule has 1 amide bonds. The predicted molar refractivity (Wildman–Crippen MR) is 89.8 cm³/mol. The number of rotatable bonds is 3. The zero-order valence-electron chi connectivity index (χ0n) is 13.6. The summed E-state index contributed by atoms with van der Waals surface area (Å²) in [4.78, 5) is 12.6. The third-order valence-corrected chi connectivity index (χ3v) is 6.04. The summed E-state index contributed by atoms with van der Waals surface area (Å²) < 4.78 is 35.6. The van der Waals surface area contributed by atoms with Gasteiger partial charge in [-0.3, -0.25) is 4.79 Å². The first-order valence-corrected chi connectivity index (χ1v) is 9.71. The second-order valence-electron chi connectivity index (χ2n) is 6.19. The minimum atomic E-state index is -3.04. The van der Waals surface area contributed by atoms with Gasteiger partial charge in [0.1, 0.15) is 5.82 Å². The summed E-state index contributed by atoms with van der Waals surface area (Å²) >= 11 is 0. The fraction of sp³-hybridized carbons (Fsp3) is 0.375. The number of nitrogens with one attached hydrogen (secondary N) is 1. The molecule has 0 radical (unpaired) electrons. The van der Waals surface area contributed by atoms with Crippen molar-refractivity contribution in [3.8, 4) is 11.5 Å². The predicted octanol–water partition coefficient (Wildman–Crippen LogP) is 1.53. The first kappa shape index (κ1) is 15.9. The molecule has 9 heteroatoms. The number of anilines is 1. The Morgan fingerprint density at radius 2 is 2.08 bits per heavy atom. The van der Waals surface area contributed by atoms with E-state index in [0.717, 1.165) is 0 Å². The number of fused-ring (bicyclic) bond motifs is 1. The van der Waals surface area contributed by atoms with E-state index in [1.165, 1.54) is 0 Å². The molecule has 1 N–H and O–H groups in total. The zero-order chi connectivity index (χ0) is 17.6. The number of hydrogen-bond acceptors (Lipinski definition) is 6. The molecular weight excluding hydrogens is 346 g/mol. The third-order valence-electron chi connectivity index (χ3n) is 4.29. The van der Waals surface area contributed by atoms with Crippen molar-refractivity contribution in [3.05, 3.63) is 35.5 Å². The molecule has 132 valence electrons. The van der Waals surface area contributed by atoms with Crippen molar-refractivity contribution >= 4 is 21.6 Å². The average molecular weight is 363 g/mol. The Morgan fingerprint density at radius 1 is 1.28 bits per heavy atom. The van der Waals surface area contributed by atoms with Crippen LogP contribution >= 0.6 is 0 Å². The molecule has 2 aromatic rings. The number of amides is 1. The highest BCUT2D eigenvalue weighted by molar-refractivity contribution is 7.91. The molecule has 0 saturated carbocycles. The quantitative estimate of drug-likeness (QED) is 0.888. The van der Waals surface area contributed by atoms with E-state index in [4.69, 9.17) is 9.47 Å². The number of benzene rings is 1. The number of carbonyl (C=O) groups excluding carboxylic acids is 1. The molecule has 2 aliphatic rings. The van der Waals surface area contributed by atoms with E-state index >= 15 is 0 Å². The Labute approximate surface area is 144 Å². The lowest BCUT2D eigenvalue weighted by molar-refractivity contribution is 0.102. The second kappa shape index (κ2) is 5.76. The Kier molecular flexibility index (Phi) is 3.68. The van der Waals surface area contributed by atoms with Crippen LogP contribution in [0.15, 0.2) is 24.3 Å². The summed E-state index contributed by atoms with van der Waals surface area (Å²) in [6, 6.07) is 6.42. The number of sulfone groups is 1. The van der Waals surface area contributed by atoms with Crippen LogP contribution in [0.1, 0.15) is 28.5 Å². The van der Waals surface area contributed by atoms with Gasteiger partial charge >= 0.3 is 0 Å². The molecule has 25 heavy (non-hydrogen) atoms. The average Bonchev–Trinajstić information content (AvgIpc) is 3.25. The fourth-order valence-electron chi connectivity index (χ4n) is 3.08. The van der Waals surface area contributed by atoms with Crippen LogP contribution in [0.25, 0.3) is 0 Å². The minimum Gasteiger partial charge on any atom is -0.454 e. The fourth-order valence-corrected chi connectivity index (χ4v) is 4.77. The van der Waals surface area contributed by atoms with Crippen LogP contribution < -0.4 is 14.8 Å². The Morgan fingerprint density at radius 3 is 2.84 bits per heavy atom. The Balaban J connectivity index is 1.58. The topological polar surface area (TPSA) is 99.5 Å². The third kappa shape index (κ3) is 3.07. The number of ether oxygens (including phenoxy) is 2. The smallest absolute Gasteiger partial charge is 0.256 e. The van der Waals surface area contributed by atoms with Gasteiger partial charge in [-0.25, -0.2) is 13.1 Å². The maximum Gasteiger partial charge on any atom is 0.256 e. The van der Waals surface area contributed by atoms with Crippen molar-refractivity contribution in [2.24, 2.45) is 0 Å². The molecule has 3 heterocycles. The van der Waals surface area contributed by atoms with Crippen molar-refractivity contribution in [1.82, 2.24) is 9.78 Å². The van der Waals surface area contributed by atoms with Gasteiger partial charge in [0, 0.05) is 11.6 Å². The normalized spacial score (nSPS) is 20.6. The largest absolute Gasteiger partial charge is 0.454 e. The molecule has 2 aliphatic heterocycles. The lowest BCUT2D eigenvalue weighted by Crippen LogP contribution is -2.19. The van der Waals surface area contributed by atoms with Gasteiger partial charge in [-0.05, 0) is 31.5 Å². The van der Waals surface area contributed by atoms with Crippen LogP contribution in [0.5, 0.6) is 11.5 Å². The van der Waals surface area contributed by atoms with E-state index in [-0.39, 0.29) is 30.2 Å². The maximum absolute atomic E-state index is 12.6. The van der Waals surface area contributed by atoms with Crippen LogP contribution in [0.4, 0.5) is 5.82 Å². The van der Waals surface area contributed by atoms with Crippen molar-refractivity contribution in [3.63, 3.8) is 0 Å². The molecule has 1 fully saturated rings. The van der Waals surface area contributed by atoms with Crippen LogP contribution in [0, 0.1) is 6.92 Å². The van der Waals surface area contributed by atoms with Crippen molar-refractivity contribution in [2.45, 2.75) is 19.4 Å². The van der Waals surface area contributed by atoms with E-state index in [2.05, 4.69) is 10.4 Å². The summed E-state index contributed by atoms with van der Waals surface area (Å²) in [5.74, 6) is 1.49. The molecule has 1 saturated heterocycles. The highest BCUT2D eigenvalue weighted by Crippen LogP contribution is 2.33. The molecule has 1 atom stereocenters. The summed E-state index contributed by atoms with van der Waals surface area (Å²) in [5.41, 5.74) is 1.14. The molecule has 0 spiro atoms. The molecule has 1 aromatic heterocycles. The van der Waals surface area contributed by atoms with E-state index in [9.17, 15) is 13.2 Å². The molecule has 0 bridgehead atoms. The second-order valence-corrected chi connectivity index (χ2v) is 8.42. The molecule has 0 aliphatic carbocycles. The van der Waals surface area contributed by atoms with Crippen molar-refractivity contribution < 1.29 is 22.7 Å². The SMILES string of the molecule is Cc1cc(NC(=O)c2ccc3c(c2)OCO3)n(C2CCS(=O)(=O)C2)n1. The molecular formula is C16H17N3O5S. The van der Waals surface area contributed by atoms with Gasteiger partial charge in [0.15, 0.2) is 21.3 Å². The van der Waals surface area contributed by atoms with E-state index < -0.39 is 9.84 Å². The summed E-state index contributed by atoms with van der Waals surface area (Å²) in [7, 11) is -3.04. The Bertz CT molecular complexity index is 951. The van der Waals surface area contributed by atoms with Crippen LogP contribution in [0.3, 0.4) is 0 Å². The monoisotopic (exact) mass is 363 g/mol. The highest BCUT2D eigenvalue weighted by Gasteiger charge is 2.31. The van der Waals surface area contributed by atoms with E-state index in [1.54, 1.807) is 35.9 Å². The molecule has 8 nitrogen and oxygen atoms in total. The lowest BCUT2D eigenvalue weighted by Gasteiger charge is -2.14. The van der Waals surface area contributed by atoms with Crippen molar-refractivity contribution in [2.75, 3.05) is 23.6 Å². The van der Waals surface area contributed by atoms with Gasteiger partial charge in [0.2, 0.25) is 6.79 Å². The summed E-state index contributed by atoms with van der Waals surface area (Å²) in [5, 5.41) is 7.17. The number of aromatic nitrogens is 2. The van der Waals surface area contributed by atoms with Crippen LogP contribution in [-0.2, 0) is 9.84 Å². The highest BCUT2D eigenvalue weighted by atomic mass is 32.2. The van der Waals surface area contributed by atoms with Crippen LogP contribution in [-0.4, -0.2) is 42.4 Å². The number of carbonyl (C=O) groups is 1. The molecule has 4 rings (SSSR count). The zero-order valence-corrected chi connectivity index (χ0v) is 14.4. The van der Waals surface area contributed by atoms with Gasteiger partial charge < -0.3 is 14.8 Å². The van der Waals surface area contributed by atoms with Gasteiger partial charge in [-0.1, -0.05) is 0 Å². The van der Waals surface area contributed by atoms with Crippen molar-refractivity contribution in [1.29, 1.82) is 0 Å². The molecule has 1 aromatic carbocycles. The van der Waals surface area contributed by atoms with E-state index in [0.29, 0.717) is 35.0 Å². The Hall–Kier alpha value is -2.55. The lowest BCUT2D eigenvalue weighted by atomic mass is 10.2. The summed E-state index contributed by atoms with van der Waals surface area (Å²) in [6.07, 6.45) is 0.496. The van der Waals surface area contributed by atoms with Gasteiger partial charge in [-0.2, -0.15) is 5.10 Å². The number of aryl methyl sites for hydroxylation is 1. The number of hydrogen-bond donors (Lipinski definition) is 1. The summed E-state index contributed by atoms with van der Waals surface area (Å²) in [6.45, 7) is 1.94. The molecule has 1 unspecified atom stereocenters. The van der Waals surface area contributed by atoms with Gasteiger partial charge in [0.05, 0.1) is 23.2 Å². The standard InChI is InChI=1S/C16H17N3O5S/c1-10-6-15(19(18-10)12-4-5-25(21,22)8-12)17-16(20)11-2-3-13-14(7-11)24-9-23-13/h2-3,6-7,12H,4-5,8-9H2,1H3,(H,17,20). The van der Waals surface area contributed by atoms with Gasteiger partial charge in [0.25, 0.3) is 5.91 Å². The first-order chi connectivity index (χ1) is 11.9.